The number of aromatic nitrogens is 2. The van der Waals surface area contributed by atoms with Crippen molar-refractivity contribution in [1.29, 1.82) is 0 Å². The second kappa shape index (κ2) is 6.15. The molecule has 16 heavy (non-hydrogen) atoms. The monoisotopic (exact) mass is 241 g/mol. The van der Waals surface area contributed by atoms with Crippen molar-refractivity contribution < 1.29 is 4.74 Å². The van der Waals surface area contributed by atoms with Gasteiger partial charge in [-0.25, -0.2) is 0 Å². The van der Waals surface area contributed by atoms with Crippen molar-refractivity contribution in [3.05, 3.63) is 5.69 Å². The van der Waals surface area contributed by atoms with Crippen molar-refractivity contribution in [2.24, 2.45) is 5.92 Å². The Labute approximate surface area is 101 Å². The highest BCUT2D eigenvalue weighted by molar-refractivity contribution is 7.10. The van der Waals surface area contributed by atoms with Gasteiger partial charge in [-0.3, -0.25) is 0 Å². The maximum Gasteiger partial charge on any atom is 0.135 e. The fourth-order valence-corrected chi connectivity index (χ4v) is 2.43. The van der Waals surface area contributed by atoms with Crippen LogP contribution in [0.5, 0.6) is 0 Å². The fourth-order valence-electron chi connectivity index (χ4n) is 1.80. The highest BCUT2D eigenvalue weighted by Crippen LogP contribution is 2.29. The van der Waals surface area contributed by atoms with Crippen molar-refractivity contribution >= 4 is 16.5 Å². The number of hydrogen-bond donors (Lipinski definition) is 1. The Morgan fingerprint density at radius 1 is 1.50 bits per heavy atom. The summed E-state index contributed by atoms with van der Waals surface area (Å²) in [6.45, 7) is 4.42. The van der Waals surface area contributed by atoms with Crippen LogP contribution in [0.25, 0.3) is 0 Å². The molecule has 1 aromatic rings. The molecule has 1 saturated carbocycles. The van der Waals surface area contributed by atoms with E-state index in [1.54, 1.807) is 0 Å². The summed E-state index contributed by atoms with van der Waals surface area (Å²) in [6, 6.07) is 0. The first kappa shape index (κ1) is 11.8. The molecule has 0 atom stereocenters. The van der Waals surface area contributed by atoms with Gasteiger partial charge >= 0.3 is 0 Å². The van der Waals surface area contributed by atoms with Crippen LogP contribution in [-0.2, 0) is 11.3 Å². The summed E-state index contributed by atoms with van der Waals surface area (Å²) in [5.74, 6) is 0.918. The summed E-state index contributed by atoms with van der Waals surface area (Å²) in [5.41, 5.74) is 0.945. The lowest BCUT2D eigenvalue weighted by molar-refractivity contribution is 0.0932. The van der Waals surface area contributed by atoms with Crippen molar-refractivity contribution in [2.45, 2.75) is 39.2 Å². The molecule has 5 heteroatoms. The van der Waals surface area contributed by atoms with Gasteiger partial charge in [0.1, 0.15) is 10.7 Å². The molecule has 0 bridgehead atoms. The van der Waals surface area contributed by atoms with Gasteiger partial charge in [0.25, 0.3) is 0 Å². The van der Waals surface area contributed by atoms with Crippen LogP contribution in [0.15, 0.2) is 0 Å². The number of anilines is 1. The third-order valence-corrected chi connectivity index (χ3v) is 3.75. The fraction of sp³-hybridized carbons (Fsp3) is 0.818. The lowest BCUT2D eigenvalue weighted by Gasteiger charge is -2.24. The van der Waals surface area contributed by atoms with E-state index in [4.69, 9.17) is 4.74 Å². The maximum absolute atomic E-state index is 5.64. The summed E-state index contributed by atoms with van der Waals surface area (Å²) in [7, 11) is 0. The van der Waals surface area contributed by atoms with E-state index in [-0.39, 0.29) is 0 Å². The molecule has 1 aliphatic carbocycles. The van der Waals surface area contributed by atoms with E-state index in [2.05, 4.69) is 21.8 Å². The van der Waals surface area contributed by atoms with Gasteiger partial charge in [0.2, 0.25) is 0 Å². The van der Waals surface area contributed by atoms with E-state index in [0.717, 1.165) is 29.8 Å². The summed E-state index contributed by atoms with van der Waals surface area (Å²) in [4.78, 5) is 0. The zero-order valence-electron chi connectivity index (χ0n) is 9.74. The first-order chi connectivity index (χ1) is 7.90. The predicted octanol–water partition coefficient (Wildman–Crippen LogP) is 2.68. The molecule has 1 fully saturated rings. The maximum atomic E-state index is 5.64. The number of hydrogen-bond acceptors (Lipinski definition) is 5. The molecule has 0 aliphatic heterocycles. The van der Waals surface area contributed by atoms with E-state index in [1.807, 2.05) is 0 Å². The van der Waals surface area contributed by atoms with Crippen LogP contribution in [0, 0.1) is 5.92 Å². The second-order valence-electron chi connectivity index (χ2n) is 4.22. The molecular formula is C11H19N3OS. The molecule has 4 nitrogen and oxygen atoms in total. The van der Waals surface area contributed by atoms with Gasteiger partial charge in [0, 0.05) is 24.7 Å². The molecular weight excluding hydrogens is 222 g/mol. The number of ether oxygens (including phenoxy) is 1. The molecule has 0 aromatic carbocycles. The van der Waals surface area contributed by atoms with Crippen LogP contribution in [0.2, 0.25) is 0 Å². The van der Waals surface area contributed by atoms with Crippen LogP contribution in [0.4, 0.5) is 5.00 Å². The van der Waals surface area contributed by atoms with Crippen molar-refractivity contribution in [3.8, 4) is 0 Å². The van der Waals surface area contributed by atoms with Crippen LogP contribution < -0.4 is 5.32 Å². The van der Waals surface area contributed by atoms with Gasteiger partial charge in [0.05, 0.1) is 6.61 Å². The second-order valence-corrected chi connectivity index (χ2v) is 4.97. The quantitative estimate of drug-likeness (QED) is 0.746. The minimum atomic E-state index is 0.589. The van der Waals surface area contributed by atoms with Gasteiger partial charge in [0.15, 0.2) is 0 Å². The molecule has 1 heterocycles. The zero-order valence-corrected chi connectivity index (χ0v) is 10.6. The van der Waals surface area contributed by atoms with Crippen LogP contribution in [0.3, 0.4) is 0 Å². The summed E-state index contributed by atoms with van der Waals surface area (Å²) in [5, 5.41) is 8.36. The van der Waals surface area contributed by atoms with Crippen molar-refractivity contribution in [1.82, 2.24) is 9.59 Å². The van der Waals surface area contributed by atoms with Crippen LogP contribution in [-0.4, -0.2) is 22.7 Å². The topological polar surface area (TPSA) is 47.0 Å². The van der Waals surface area contributed by atoms with Crippen LogP contribution in [0.1, 0.15) is 38.3 Å². The molecule has 1 N–H and O–H groups in total. The van der Waals surface area contributed by atoms with E-state index in [1.165, 1.54) is 37.2 Å². The molecule has 0 radical (unpaired) electrons. The molecule has 2 rings (SSSR count). The third kappa shape index (κ3) is 3.15. The SMILES string of the molecule is CCNc1snnc1COCCC1CCC1. The average Bonchev–Trinajstić information content (AvgIpc) is 2.63. The molecule has 0 saturated heterocycles. The van der Waals surface area contributed by atoms with E-state index in [9.17, 15) is 0 Å². The minimum Gasteiger partial charge on any atom is -0.375 e. The Balaban J connectivity index is 1.65. The summed E-state index contributed by atoms with van der Waals surface area (Å²) < 4.78 is 9.57. The Morgan fingerprint density at radius 3 is 3.06 bits per heavy atom. The van der Waals surface area contributed by atoms with Crippen molar-refractivity contribution in [2.75, 3.05) is 18.5 Å². The Hall–Kier alpha value is -0.680. The molecule has 0 spiro atoms. The zero-order chi connectivity index (χ0) is 11.2. The smallest absolute Gasteiger partial charge is 0.135 e. The van der Waals surface area contributed by atoms with Gasteiger partial charge < -0.3 is 10.1 Å². The number of nitrogens with one attached hydrogen (secondary N) is 1. The first-order valence-electron chi connectivity index (χ1n) is 6.03. The van der Waals surface area contributed by atoms with Gasteiger partial charge in [-0.15, -0.1) is 5.10 Å². The Morgan fingerprint density at radius 2 is 2.38 bits per heavy atom. The van der Waals surface area contributed by atoms with E-state index in [0.29, 0.717) is 6.61 Å². The highest BCUT2D eigenvalue weighted by atomic mass is 32.1. The number of nitrogens with zero attached hydrogens (tertiary/aromatic N) is 2. The van der Waals surface area contributed by atoms with E-state index >= 15 is 0 Å². The van der Waals surface area contributed by atoms with Crippen LogP contribution >= 0.6 is 11.5 Å². The normalized spacial score (nSPS) is 16.1. The Bertz CT molecular complexity index is 312. The lowest BCUT2D eigenvalue weighted by Crippen LogP contribution is -2.13. The standard InChI is InChI=1S/C11H19N3OS/c1-2-12-11-10(13-14-16-11)8-15-7-6-9-4-3-5-9/h9,12H,2-8H2,1H3. The summed E-state index contributed by atoms with van der Waals surface area (Å²) >= 11 is 1.40. The molecule has 0 amide bonds. The average molecular weight is 241 g/mol. The number of rotatable bonds is 7. The van der Waals surface area contributed by atoms with Gasteiger partial charge in [-0.1, -0.05) is 23.8 Å². The summed E-state index contributed by atoms with van der Waals surface area (Å²) in [6.07, 6.45) is 5.40. The van der Waals surface area contributed by atoms with Gasteiger partial charge in [-0.2, -0.15) is 0 Å². The predicted molar refractivity (Wildman–Crippen MR) is 65.7 cm³/mol. The molecule has 0 unspecified atom stereocenters. The molecule has 1 aliphatic rings. The minimum absolute atomic E-state index is 0.589. The molecule has 1 aromatic heterocycles. The first-order valence-corrected chi connectivity index (χ1v) is 6.80. The lowest BCUT2D eigenvalue weighted by atomic mass is 9.83. The van der Waals surface area contributed by atoms with Gasteiger partial charge in [-0.05, 0) is 19.3 Å². The molecule has 90 valence electrons. The third-order valence-electron chi connectivity index (χ3n) is 3.03. The van der Waals surface area contributed by atoms with Crippen molar-refractivity contribution in [3.63, 3.8) is 0 Å². The van der Waals surface area contributed by atoms with E-state index < -0.39 is 0 Å². The Kier molecular flexibility index (Phi) is 4.54. The largest absolute Gasteiger partial charge is 0.375 e. The highest BCUT2D eigenvalue weighted by Gasteiger charge is 2.16.